The number of hydrogen-bond donors (Lipinski definition) is 1. The van der Waals surface area contributed by atoms with Gasteiger partial charge in [0.15, 0.2) is 11.5 Å². The molecule has 33 heavy (non-hydrogen) atoms. The second kappa shape index (κ2) is 9.62. The molecule has 0 bridgehead atoms. The third-order valence-corrected chi connectivity index (χ3v) is 8.54. The highest BCUT2D eigenvalue weighted by atomic mass is 32.2. The Hall–Kier alpha value is -2.76. The first kappa shape index (κ1) is 23.4. The van der Waals surface area contributed by atoms with Crippen molar-refractivity contribution in [1.29, 1.82) is 0 Å². The Labute approximate surface area is 197 Å². The van der Waals surface area contributed by atoms with Crippen molar-refractivity contribution in [2.24, 2.45) is 0 Å². The summed E-state index contributed by atoms with van der Waals surface area (Å²) in [7, 11) is -3.69. The van der Waals surface area contributed by atoms with Gasteiger partial charge >= 0.3 is 0 Å². The van der Waals surface area contributed by atoms with Gasteiger partial charge in [-0.3, -0.25) is 9.59 Å². The Kier molecular flexibility index (Phi) is 6.82. The fraction of sp³-hybridized carbons (Fsp3) is 0.364. The summed E-state index contributed by atoms with van der Waals surface area (Å²) in [5, 5.41) is 2.81. The molecule has 176 valence electrons. The summed E-state index contributed by atoms with van der Waals surface area (Å²) in [6, 6.07) is 10.1. The van der Waals surface area contributed by atoms with E-state index in [-0.39, 0.29) is 42.3 Å². The standard InChI is InChI=1S/C22H25N3O6S2/c1-3-24(4-2)33(28,29)16-6-8-20-17(10-16)25(22(27)13-32-20)12-21(26)23-11-15-5-7-18-19(9-15)31-14-30-18/h5-10H,3-4,11-14H2,1-2H3,(H,23,26). The van der Waals surface area contributed by atoms with Gasteiger partial charge < -0.3 is 19.7 Å². The first-order chi connectivity index (χ1) is 15.8. The van der Waals surface area contributed by atoms with E-state index in [0.717, 1.165) is 10.5 Å². The average molecular weight is 492 g/mol. The lowest BCUT2D eigenvalue weighted by Gasteiger charge is -2.29. The van der Waals surface area contributed by atoms with Crippen LogP contribution in [0.3, 0.4) is 0 Å². The number of benzene rings is 2. The third-order valence-electron chi connectivity index (χ3n) is 5.44. The van der Waals surface area contributed by atoms with Gasteiger partial charge in [0.25, 0.3) is 0 Å². The predicted molar refractivity (Wildman–Crippen MR) is 124 cm³/mol. The summed E-state index contributed by atoms with van der Waals surface area (Å²) in [6.07, 6.45) is 0. The van der Waals surface area contributed by atoms with Crippen LogP contribution >= 0.6 is 11.8 Å². The number of nitrogens with one attached hydrogen (secondary N) is 1. The molecule has 0 unspecified atom stereocenters. The molecule has 1 N–H and O–H groups in total. The molecule has 9 nitrogen and oxygen atoms in total. The van der Waals surface area contributed by atoms with Gasteiger partial charge in [-0.15, -0.1) is 11.8 Å². The Morgan fingerprint density at radius 2 is 1.88 bits per heavy atom. The van der Waals surface area contributed by atoms with Gasteiger partial charge in [-0.2, -0.15) is 4.31 Å². The maximum absolute atomic E-state index is 12.9. The fourth-order valence-corrected chi connectivity index (χ4v) is 6.07. The minimum absolute atomic E-state index is 0.103. The van der Waals surface area contributed by atoms with Gasteiger partial charge in [0.2, 0.25) is 28.6 Å². The van der Waals surface area contributed by atoms with Gasteiger partial charge in [-0.05, 0) is 35.9 Å². The highest BCUT2D eigenvalue weighted by Gasteiger charge is 2.30. The van der Waals surface area contributed by atoms with Gasteiger partial charge in [-0.25, -0.2) is 8.42 Å². The van der Waals surface area contributed by atoms with E-state index in [2.05, 4.69) is 5.32 Å². The quantitative estimate of drug-likeness (QED) is 0.604. The van der Waals surface area contributed by atoms with Crippen LogP contribution in [0.1, 0.15) is 19.4 Å². The molecule has 0 saturated carbocycles. The molecule has 0 radical (unpaired) electrons. The van der Waals surface area contributed by atoms with Crippen LogP contribution in [0.2, 0.25) is 0 Å². The van der Waals surface area contributed by atoms with Crippen molar-refractivity contribution in [3.63, 3.8) is 0 Å². The summed E-state index contributed by atoms with van der Waals surface area (Å²) in [5.41, 5.74) is 1.27. The Morgan fingerprint density at radius 1 is 1.12 bits per heavy atom. The van der Waals surface area contributed by atoms with Crippen LogP contribution in [0.4, 0.5) is 5.69 Å². The number of thioether (sulfide) groups is 1. The number of fused-ring (bicyclic) bond motifs is 2. The van der Waals surface area contributed by atoms with Crippen LogP contribution in [0.25, 0.3) is 0 Å². The summed E-state index contributed by atoms with van der Waals surface area (Å²) in [6.45, 7) is 4.46. The molecule has 0 saturated heterocycles. The van der Waals surface area contributed by atoms with Crippen molar-refractivity contribution in [3.05, 3.63) is 42.0 Å². The Bertz CT molecular complexity index is 1180. The van der Waals surface area contributed by atoms with Crippen LogP contribution in [0.5, 0.6) is 11.5 Å². The number of hydrogen-bond acceptors (Lipinski definition) is 7. The molecule has 2 amide bonds. The first-order valence-electron chi connectivity index (χ1n) is 10.6. The lowest BCUT2D eigenvalue weighted by atomic mass is 10.2. The Morgan fingerprint density at radius 3 is 2.64 bits per heavy atom. The maximum atomic E-state index is 12.9. The van der Waals surface area contributed by atoms with Crippen molar-refractivity contribution in [1.82, 2.24) is 9.62 Å². The molecular formula is C22H25N3O6S2. The maximum Gasteiger partial charge on any atom is 0.243 e. The van der Waals surface area contributed by atoms with Crippen LogP contribution in [0, 0.1) is 0 Å². The van der Waals surface area contributed by atoms with E-state index in [4.69, 9.17) is 9.47 Å². The van der Waals surface area contributed by atoms with E-state index >= 15 is 0 Å². The third kappa shape index (κ3) is 4.80. The fourth-order valence-electron chi connectivity index (χ4n) is 3.68. The van der Waals surface area contributed by atoms with Gasteiger partial charge in [0.05, 0.1) is 16.3 Å². The highest BCUT2D eigenvalue weighted by molar-refractivity contribution is 8.00. The number of carbonyl (C=O) groups excluding carboxylic acids is 2. The normalized spacial score (nSPS) is 15.0. The molecule has 2 aromatic carbocycles. The molecule has 2 aromatic rings. The molecule has 11 heteroatoms. The SMILES string of the molecule is CCN(CC)S(=O)(=O)c1ccc2c(c1)N(CC(=O)NCc1ccc3c(c1)OCO3)C(=O)CS2. The number of carbonyl (C=O) groups is 2. The number of nitrogens with zero attached hydrogens (tertiary/aromatic N) is 2. The highest BCUT2D eigenvalue weighted by Crippen LogP contribution is 2.37. The summed E-state index contributed by atoms with van der Waals surface area (Å²) >= 11 is 1.33. The lowest BCUT2D eigenvalue weighted by Crippen LogP contribution is -2.43. The van der Waals surface area contributed by atoms with E-state index in [1.54, 1.807) is 38.1 Å². The number of sulfonamides is 1. The van der Waals surface area contributed by atoms with E-state index in [9.17, 15) is 18.0 Å². The smallest absolute Gasteiger partial charge is 0.243 e. The Balaban J connectivity index is 1.50. The largest absolute Gasteiger partial charge is 0.454 e. The van der Waals surface area contributed by atoms with Crippen LogP contribution in [0.15, 0.2) is 46.2 Å². The first-order valence-corrected chi connectivity index (χ1v) is 13.0. The van der Waals surface area contributed by atoms with Gasteiger partial charge in [-0.1, -0.05) is 19.9 Å². The number of amides is 2. The van der Waals surface area contributed by atoms with Crippen molar-refractivity contribution in [2.75, 3.05) is 37.1 Å². The summed E-state index contributed by atoms with van der Waals surface area (Å²) in [5.74, 6) is 0.873. The van der Waals surface area contributed by atoms with Gasteiger partial charge in [0, 0.05) is 24.5 Å². The van der Waals surface area contributed by atoms with E-state index in [1.807, 2.05) is 6.07 Å². The van der Waals surface area contributed by atoms with Crippen molar-refractivity contribution < 1.29 is 27.5 Å². The predicted octanol–water partition coefficient (Wildman–Crippen LogP) is 2.20. The van der Waals surface area contributed by atoms with E-state index < -0.39 is 10.0 Å². The zero-order chi connectivity index (χ0) is 23.6. The molecule has 0 atom stereocenters. The summed E-state index contributed by atoms with van der Waals surface area (Å²) in [4.78, 5) is 27.5. The second-order valence-corrected chi connectivity index (χ2v) is 10.4. The van der Waals surface area contributed by atoms with Gasteiger partial charge in [0.1, 0.15) is 6.54 Å². The van der Waals surface area contributed by atoms with E-state index in [0.29, 0.717) is 30.3 Å². The molecule has 0 aliphatic carbocycles. The molecule has 2 heterocycles. The van der Waals surface area contributed by atoms with E-state index in [1.165, 1.54) is 27.0 Å². The molecule has 0 aromatic heterocycles. The number of anilines is 1. The lowest BCUT2D eigenvalue weighted by molar-refractivity contribution is -0.123. The average Bonchev–Trinajstić information content (AvgIpc) is 3.28. The zero-order valence-corrected chi connectivity index (χ0v) is 20.0. The second-order valence-electron chi connectivity index (χ2n) is 7.45. The molecule has 0 fully saturated rings. The van der Waals surface area contributed by atoms with Crippen LogP contribution in [-0.2, 0) is 26.2 Å². The van der Waals surface area contributed by atoms with Crippen molar-refractivity contribution in [3.8, 4) is 11.5 Å². The minimum Gasteiger partial charge on any atom is -0.454 e. The van der Waals surface area contributed by atoms with Crippen LogP contribution < -0.4 is 19.7 Å². The zero-order valence-electron chi connectivity index (χ0n) is 18.4. The van der Waals surface area contributed by atoms with Crippen molar-refractivity contribution in [2.45, 2.75) is 30.2 Å². The molecule has 4 rings (SSSR count). The molecule has 2 aliphatic heterocycles. The molecular weight excluding hydrogens is 466 g/mol. The minimum atomic E-state index is -3.69. The van der Waals surface area contributed by atoms with Crippen LogP contribution in [-0.4, -0.2) is 56.7 Å². The number of ether oxygens (including phenoxy) is 2. The monoisotopic (exact) mass is 491 g/mol. The summed E-state index contributed by atoms with van der Waals surface area (Å²) < 4.78 is 37.9. The topological polar surface area (TPSA) is 105 Å². The molecule has 2 aliphatic rings. The molecule has 0 spiro atoms. The number of rotatable bonds is 8. The van der Waals surface area contributed by atoms with Crippen molar-refractivity contribution >= 4 is 39.3 Å².